The molecule has 0 radical (unpaired) electrons. The zero-order valence-electron chi connectivity index (χ0n) is 16.3. The summed E-state index contributed by atoms with van der Waals surface area (Å²) < 4.78 is 5.28. The van der Waals surface area contributed by atoms with Gasteiger partial charge in [-0.3, -0.25) is 4.99 Å². The summed E-state index contributed by atoms with van der Waals surface area (Å²) in [5, 5.41) is 6.96. The maximum absolute atomic E-state index is 5.28. The molecular weight excluding hydrogens is 326 g/mol. The summed E-state index contributed by atoms with van der Waals surface area (Å²) in [5.74, 6) is 1.96. The topological polar surface area (TPSA) is 61.8 Å². The van der Waals surface area contributed by atoms with Crippen molar-refractivity contribution in [1.29, 1.82) is 0 Å². The van der Waals surface area contributed by atoms with Crippen LogP contribution in [0.4, 0.5) is 5.82 Å². The minimum atomic E-state index is 0.382. The summed E-state index contributed by atoms with van der Waals surface area (Å²) in [6.07, 6.45) is 9.46. The van der Waals surface area contributed by atoms with Crippen LogP contribution >= 0.6 is 0 Å². The minimum absolute atomic E-state index is 0.382. The van der Waals surface area contributed by atoms with Gasteiger partial charge < -0.3 is 20.3 Å². The van der Waals surface area contributed by atoms with Gasteiger partial charge in [-0.2, -0.15) is 0 Å². The van der Waals surface area contributed by atoms with Gasteiger partial charge in [0, 0.05) is 53.1 Å². The fourth-order valence-corrected chi connectivity index (χ4v) is 3.88. The second-order valence-electron chi connectivity index (χ2n) is 7.59. The molecule has 0 spiro atoms. The van der Waals surface area contributed by atoms with E-state index in [1.165, 1.54) is 37.7 Å². The van der Waals surface area contributed by atoms with E-state index in [1.807, 2.05) is 13.2 Å². The Hall–Kier alpha value is -1.82. The first-order valence-electron chi connectivity index (χ1n) is 9.88. The molecule has 0 aromatic carbocycles. The Morgan fingerprint density at radius 2 is 2.08 bits per heavy atom. The van der Waals surface area contributed by atoms with E-state index in [0.29, 0.717) is 5.41 Å². The van der Waals surface area contributed by atoms with Crippen molar-refractivity contribution in [2.75, 3.05) is 45.3 Å². The van der Waals surface area contributed by atoms with Crippen molar-refractivity contribution in [3.8, 4) is 0 Å². The Balaban J connectivity index is 1.49. The largest absolute Gasteiger partial charge is 0.385 e. The molecule has 1 aromatic heterocycles. The van der Waals surface area contributed by atoms with Crippen molar-refractivity contribution in [2.45, 2.75) is 45.1 Å². The van der Waals surface area contributed by atoms with Gasteiger partial charge in [0.15, 0.2) is 5.96 Å². The molecule has 2 N–H and O–H groups in total. The lowest BCUT2D eigenvalue weighted by molar-refractivity contribution is 0.0732. The number of nitrogens with one attached hydrogen (secondary N) is 2. The molecule has 2 heterocycles. The van der Waals surface area contributed by atoms with Crippen molar-refractivity contribution >= 4 is 11.8 Å². The van der Waals surface area contributed by atoms with Crippen LogP contribution in [-0.4, -0.2) is 51.3 Å². The van der Waals surface area contributed by atoms with Crippen LogP contribution in [0.15, 0.2) is 23.3 Å². The normalized spacial score (nSPS) is 19.3. The summed E-state index contributed by atoms with van der Waals surface area (Å²) in [6.45, 7) is 4.80. The van der Waals surface area contributed by atoms with Crippen LogP contribution in [0.25, 0.3) is 0 Å². The van der Waals surface area contributed by atoms with Gasteiger partial charge in [-0.1, -0.05) is 6.42 Å². The number of hydrogen-bond acceptors (Lipinski definition) is 4. The van der Waals surface area contributed by atoms with Crippen LogP contribution in [0.1, 0.15) is 44.1 Å². The van der Waals surface area contributed by atoms with Crippen LogP contribution in [0, 0.1) is 5.41 Å². The van der Waals surface area contributed by atoms with Gasteiger partial charge >= 0.3 is 0 Å². The smallest absolute Gasteiger partial charge is 0.191 e. The average Bonchev–Trinajstić information content (AvgIpc) is 3.18. The fraction of sp³-hybridized carbons (Fsp3) is 0.700. The highest BCUT2D eigenvalue weighted by Crippen LogP contribution is 2.43. The van der Waals surface area contributed by atoms with Gasteiger partial charge in [0.05, 0.1) is 0 Å². The molecule has 1 aromatic rings. The molecule has 0 atom stereocenters. The first-order chi connectivity index (χ1) is 12.7. The number of aromatic nitrogens is 1. The summed E-state index contributed by atoms with van der Waals surface area (Å²) in [7, 11) is 3.62. The monoisotopic (exact) mass is 359 g/mol. The highest BCUT2D eigenvalue weighted by Gasteiger charge is 2.36. The van der Waals surface area contributed by atoms with Crippen LogP contribution < -0.4 is 15.5 Å². The molecule has 1 saturated carbocycles. The predicted octanol–water partition coefficient (Wildman–Crippen LogP) is 2.55. The van der Waals surface area contributed by atoms with Crippen molar-refractivity contribution in [3.63, 3.8) is 0 Å². The third-order valence-electron chi connectivity index (χ3n) is 5.81. The predicted molar refractivity (Wildman–Crippen MR) is 107 cm³/mol. The molecular formula is C20H33N5O. The minimum Gasteiger partial charge on any atom is -0.385 e. The standard InChI is InChI=1S/C20H33N5O/c1-21-19(24-16-20(7-5-8-20)9-13-26-2)23-15-17-6-10-22-18(14-17)25-11-3-4-12-25/h6,10,14H,3-5,7-9,11-13,15-16H2,1-2H3,(H2,21,23,24). The van der Waals surface area contributed by atoms with Gasteiger partial charge in [-0.05, 0) is 55.2 Å². The second kappa shape index (κ2) is 9.21. The first kappa shape index (κ1) is 19.0. The Morgan fingerprint density at radius 3 is 2.73 bits per heavy atom. The van der Waals surface area contributed by atoms with E-state index in [4.69, 9.17) is 4.74 Å². The van der Waals surface area contributed by atoms with Gasteiger partial charge in [-0.15, -0.1) is 0 Å². The van der Waals surface area contributed by atoms with Gasteiger partial charge in [0.1, 0.15) is 5.82 Å². The lowest BCUT2D eigenvalue weighted by Gasteiger charge is -2.42. The van der Waals surface area contributed by atoms with E-state index in [-0.39, 0.29) is 0 Å². The van der Waals surface area contributed by atoms with E-state index in [9.17, 15) is 0 Å². The number of guanidine groups is 1. The molecule has 6 heteroatoms. The van der Waals surface area contributed by atoms with Crippen LogP contribution in [0.2, 0.25) is 0 Å². The molecule has 0 unspecified atom stereocenters. The number of hydrogen-bond donors (Lipinski definition) is 2. The van der Waals surface area contributed by atoms with Crippen molar-refractivity contribution in [2.24, 2.45) is 10.4 Å². The Bertz CT molecular complexity index is 594. The fourth-order valence-electron chi connectivity index (χ4n) is 3.88. The van der Waals surface area contributed by atoms with E-state index >= 15 is 0 Å². The Labute approximate surface area is 157 Å². The van der Waals surface area contributed by atoms with Gasteiger partial charge in [0.2, 0.25) is 0 Å². The molecule has 6 nitrogen and oxygen atoms in total. The molecule has 2 aliphatic rings. The lowest BCUT2D eigenvalue weighted by atomic mass is 9.67. The summed E-state index contributed by atoms with van der Waals surface area (Å²) in [6, 6.07) is 4.27. The average molecular weight is 360 g/mol. The summed E-state index contributed by atoms with van der Waals surface area (Å²) in [4.78, 5) is 11.3. The van der Waals surface area contributed by atoms with Crippen LogP contribution in [-0.2, 0) is 11.3 Å². The highest BCUT2D eigenvalue weighted by atomic mass is 16.5. The molecule has 1 aliphatic carbocycles. The van der Waals surface area contributed by atoms with Gasteiger partial charge in [0.25, 0.3) is 0 Å². The van der Waals surface area contributed by atoms with E-state index in [1.54, 1.807) is 7.11 Å². The number of nitrogens with zero attached hydrogens (tertiary/aromatic N) is 3. The third-order valence-corrected chi connectivity index (χ3v) is 5.81. The molecule has 144 valence electrons. The number of methoxy groups -OCH3 is 1. The van der Waals surface area contributed by atoms with Crippen molar-refractivity contribution in [3.05, 3.63) is 23.9 Å². The molecule has 26 heavy (non-hydrogen) atoms. The molecule has 2 fully saturated rings. The maximum atomic E-state index is 5.28. The Kier molecular flexibility index (Phi) is 6.72. The third kappa shape index (κ3) is 4.87. The molecule has 1 aliphatic heterocycles. The van der Waals surface area contributed by atoms with Crippen molar-refractivity contribution < 1.29 is 4.74 Å². The molecule has 3 rings (SSSR count). The Morgan fingerprint density at radius 1 is 1.27 bits per heavy atom. The highest BCUT2D eigenvalue weighted by molar-refractivity contribution is 5.79. The van der Waals surface area contributed by atoms with Gasteiger partial charge in [-0.25, -0.2) is 4.98 Å². The molecule has 0 bridgehead atoms. The summed E-state index contributed by atoms with van der Waals surface area (Å²) >= 11 is 0. The van der Waals surface area contributed by atoms with Crippen molar-refractivity contribution in [1.82, 2.24) is 15.6 Å². The van der Waals surface area contributed by atoms with E-state index in [0.717, 1.165) is 51.0 Å². The number of ether oxygens (including phenoxy) is 1. The number of pyridine rings is 1. The first-order valence-corrected chi connectivity index (χ1v) is 9.88. The quantitative estimate of drug-likeness (QED) is 0.552. The lowest BCUT2D eigenvalue weighted by Crippen LogP contribution is -2.46. The molecule has 0 amide bonds. The SMILES string of the molecule is CN=C(NCc1ccnc(N2CCCC2)c1)NCC1(CCOC)CCC1. The van der Waals surface area contributed by atoms with Crippen LogP contribution in [0.5, 0.6) is 0 Å². The zero-order chi connectivity index (χ0) is 18.2. The number of aliphatic imine (C=N–C) groups is 1. The van der Waals surface area contributed by atoms with E-state index < -0.39 is 0 Å². The number of anilines is 1. The number of rotatable bonds is 8. The maximum Gasteiger partial charge on any atom is 0.191 e. The molecule has 1 saturated heterocycles. The van der Waals surface area contributed by atoms with Crippen LogP contribution in [0.3, 0.4) is 0 Å². The zero-order valence-corrected chi connectivity index (χ0v) is 16.3. The summed E-state index contributed by atoms with van der Waals surface area (Å²) in [5.41, 5.74) is 1.62. The second-order valence-corrected chi connectivity index (χ2v) is 7.59. The van der Waals surface area contributed by atoms with E-state index in [2.05, 4.69) is 37.6 Å².